The van der Waals surface area contributed by atoms with Crippen LogP contribution in [0.3, 0.4) is 0 Å². The number of methoxy groups -OCH3 is 1. The second-order valence-electron chi connectivity index (χ2n) is 18.5. The summed E-state index contributed by atoms with van der Waals surface area (Å²) in [7, 11) is 1.51. The van der Waals surface area contributed by atoms with Gasteiger partial charge in [-0.25, -0.2) is 0 Å². The van der Waals surface area contributed by atoms with E-state index in [0.29, 0.717) is 30.6 Å². The maximum absolute atomic E-state index is 14.0. The average molecular weight is 651 g/mol. The number of hydrogen-bond acceptors (Lipinski definition) is 6. The molecule has 10 atom stereocenters. The lowest BCUT2D eigenvalue weighted by molar-refractivity contribution is -0.208. The minimum absolute atomic E-state index is 0.0310. The van der Waals surface area contributed by atoms with Gasteiger partial charge in [0, 0.05) is 6.42 Å². The third kappa shape index (κ3) is 5.07. The van der Waals surface area contributed by atoms with Crippen molar-refractivity contribution in [2.75, 3.05) is 13.7 Å². The molecule has 0 bridgehead atoms. The van der Waals surface area contributed by atoms with E-state index < -0.39 is 11.3 Å². The summed E-state index contributed by atoms with van der Waals surface area (Å²) < 4.78 is 17.5. The van der Waals surface area contributed by atoms with Crippen molar-refractivity contribution in [1.82, 2.24) is 0 Å². The predicted octanol–water partition coefficient (Wildman–Crippen LogP) is 8.73. The number of aliphatic hydroxyl groups excluding tert-OH is 1. The molecule has 6 rings (SSSR count). The third-order valence-electron chi connectivity index (χ3n) is 15.8. The summed E-state index contributed by atoms with van der Waals surface area (Å²) in [5.41, 5.74) is 1.74. The minimum Gasteiger partial charge on any atom is -0.469 e. The highest BCUT2D eigenvalue weighted by Gasteiger charge is 2.70. The zero-order valence-electron chi connectivity index (χ0n) is 31.0. The molecule has 6 heteroatoms. The van der Waals surface area contributed by atoms with Gasteiger partial charge in [0.25, 0.3) is 0 Å². The van der Waals surface area contributed by atoms with E-state index in [2.05, 4.69) is 60.6 Å². The first-order valence-electron chi connectivity index (χ1n) is 18.5. The lowest BCUT2D eigenvalue weighted by Gasteiger charge is -2.71. The van der Waals surface area contributed by atoms with E-state index in [1.807, 2.05) is 19.9 Å². The predicted molar refractivity (Wildman–Crippen MR) is 184 cm³/mol. The molecule has 5 aliphatic carbocycles. The van der Waals surface area contributed by atoms with E-state index in [-0.39, 0.29) is 57.1 Å². The topological polar surface area (TPSA) is 82.1 Å². The second-order valence-corrected chi connectivity index (χ2v) is 18.5. The fourth-order valence-corrected chi connectivity index (χ4v) is 12.6. The quantitative estimate of drug-likeness (QED) is 0.186. The van der Waals surface area contributed by atoms with Gasteiger partial charge in [0.2, 0.25) is 0 Å². The monoisotopic (exact) mass is 650 g/mol. The molecule has 0 aromatic rings. The Bertz CT molecular complexity index is 1390. The van der Waals surface area contributed by atoms with Crippen molar-refractivity contribution in [2.24, 2.45) is 56.2 Å². The molecule has 1 aliphatic heterocycles. The normalized spacial score (nSPS) is 46.3. The van der Waals surface area contributed by atoms with Crippen LogP contribution in [0.4, 0.5) is 0 Å². The van der Waals surface area contributed by atoms with Crippen molar-refractivity contribution in [3.05, 3.63) is 35.1 Å². The third-order valence-corrected chi connectivity index (χ3v) is 15.8. The zero-order valence-corrected chi connectivity index (χ0v) is 31.0. The molecule has 0 aromatic carbocycles. The van der Waals surface area contributed by atoms with Crippen LogP contribution in [0.25, 0.3) is 0 Å². The highest BCUT2D eigenvalue weighted by atomic mass is 16.5. The summed E-state index contributed by atoms with van der Waals surface area (Å²) in [6, 6.07) is 0. The molecule has 0 amide bonds. The lowest BCUT2D eigenvalue weighted by Crippen LogP contribution is -2.65. The van der Waals surface area contributed by atoms with Crippen LogP contribution in [0.5, 0.6) is 0 Å². The summed E-state index contributed by atoms with van der Waals surface area (Å²) in [5, 5.41) is 11.1. The Morgan fingerprint density at radius 1 is 0.979 bits per heavy atom. The van der Waals surface area contributed by atoms with Gasteiger partial charge >= 0.3 is 11.9 Å². The van der Waals surface area contributed by atoms with Crippen LogP contribution in [0.15, 0.2) is 35.1 Å². The van der Waals surface area contributed by atoms with Crippen molar-refractivity contribution in [3.8, 4) is 0 Å². The van der Waals surface area contributed by atoms with E-state index in [0.717, 1.165) is 57.8 Å². The molecule has 6 aliphatic rings. The molecular weight excluding hydrogens is 588 g/mol. The molecule has 1 heterocycles. The summed E-state index contributed by atoms with van der Waals surface area (Å²) in [6.07, 6.45) is 15.1. The maximum Gasteiger partial charge on any atom is 0.314 e. The number of allylic oxidation sites excluding steroid dienone is 4. The van der Waals surface area contributed by atoms with Gasteiger partial charge in [0.05, 0.1) is 37.3 Å². The van der Waals surface area contributed by atoms with Crippen molar-refractivity contribution in [1.29, 1.82) is 0 Å². The highest BCUT2D eigenvalue weighted by Crippen LogP contribution is 2.76. The Labute approximate surface area is 284 Å². The van der Waals surface area contributed by atoms with Crippen LogP contribution < -0.4 is 0 Å². The molecule has 0 aromatic heterocycles. The maximum atomic E-state index is 14.0. The first-order chi connectivity index (χ1) is 21.9. The van der Waals surface area contributed by atoms with E-state index in [1.165, 1.54) is 18.3 Å². The number of ether oxygens (including phenoxy) is 3. The van der Waals surface area contributed by atoms with Gasteiger partial charge in [-0.15, -0.1) is 0 Å². The summed E-state index contributed by atoms with van der Waals surface area (Å²) in [5.74, 6) is 0.784. The van der Waals surface area contributed by atoms with Crippen molar-refractivity contribution >= 4 is 11.9 Å². The van der Waals surface area contributed by atoms with Gasteiger partial charge in [-0.3, -0.25) is 9.59 Å². The number of fused-ring (bicyclic) bond motifs is 7. The van der Waals surface area contributed by atoms with Crippen molar-refractivity contribution in [3.63, 3.8) is 0 Å². The SMILES string of the molecule is CC=C1COC(C=C(C)OC(=O)C2CC3(C(=O)OC)CCC4(C)C(=CCC5C6(C)CCC(O)C(C)(C)C6CCC54C)C3CC2(C)C)C1. The van der Waals surface area contributed by atoms with Crippen molar-refractivity contribution < 1.29 is 28.9 Å². The fourth-order valence-electron chi connectivity index (χ4n) is 12.6. The molecule has 5 fully saturated rings. The number of rotatable bonds is 4. The number of esters is 2. The van der Waals surface area contributed by atoms with Crippen LogP contribution in [-0.2, 0) is 23.8 Å². The largest absolute Gasteiger partial charge is 0.469 e. The smallest absolute Gasteiger partial charge is 0.314 e. The summed E-state index contributed by atoms with van der Waals surface area (Å²) in [4.78, 5) is 28.0. The number of carbonyl (C=O) groups excluding carboxylic acids is 2. The van der Waals surface area contributed by atoms with Gasteiger partial charge < -0.3 is 19.3 Å². The summed E-state index contributed by atoms with van der Waals surface area (Å²) in [6.45, 7) is 21.1. The highest BCUT2D eigenvalue weighted by molar-refractivity contribution is 5.82. The van der Waals surface area contributed by atoms with E-state index >= 15 is 0 Å². The Hall–Kier alpha value is -1.92. The standard InChI is InChI=1S/C41H62O6/c1-11-26-21-27(46-24-26)20-25(2)47-34(43)30-23-41(35(44)45-10)19-18-39(8)28(29(41)22-36(30,3)4)12-13-32-38(7)16-15-33(42)37(5,6)31(38)14-17-40(32,39)9/h11-12,20,27,29-33,42H,13-19,21-24H2,1-10H3. The average Bonchev–Trinajstić information content (AvgIpc) is 3.46. The van der Waals surface area contributed by atoms with Gasteiger partial charge in [-0.1, -0.05) is 66.2 Å². The van der Waals surface area contributed by atoms with Gasteiger partial charge in [-0.2, -0.15) is 0 Å². The molecule has 0 spiro atoms. The second kappa shape index (κ2) is 11.6. The molecule has 0 radical (unpaired) electrons. The molecule has 262 valence electrons. The molecular formula is C41H62O6. The Balaban J connectivity index is 1.31. The first kappa shape index (κ1) is 34.9. The minimum atomic E-state index is -0.743. The Morgan fingerprint density at radius 2 is 1.70 bits per heavy atom. The molecule has 1 N–H and O–H groups in total. The van der Waals surface area contributed by atoms with Crippen LogP contribution in [0, 0.1) is 56.2 Å². The molecule has 6 nitrogen and oxygen atoms in total. The van der Waals surface area contributed by atoms with E-state index in [4.69, 9.17) is 14.2 Å². The molecule has 10 unspecified atom stereocenters. The van der Waals surface area contributed by atoms with E-state index in [1.54, 1.807) is 0 Å². The van der Waals surface area contributed by atoms with Crippen molar-refractivity contribution in [2.45, 2.75) is 139 Å². The van der Waals surface area contributed by atoms with Gasteiger partial charge in [0.15, 0.2) is 0 Å². The Kier molecular flexibility index (Phi) is 8.60. The molecule has 1 saturated heterocycles. The number of carbonyl (C=O) groups is 2. The van der Waals surface area contributed by atoms with Gasteiger partial charge in [0.1, 0.15) is 5.76 Å². The first-order valence-corrected chi connectivity index (χ1v) is 18.5. The Morgan fingerprint density at radius 3 is 2.36 bits per heavy atom. The number of hydrogen-bond donors (Lipinski definition) is 1. The van der Waals surface area contributed by atoms with Gasteiger partial charge in [-0.05, 0) is 128 Å². The van der Waals surface area contributed by atoms with Crippen LogP contribution >= 0.6 is 0 Å². The molecule has 4 saturated carbocycles. The lowest BCUT2D eigenvalue weighted by atomic mass is 9.33. The molecule has 47 heavy (non-hydrogen) atoms. The zero-order chi connectivity index (χ0) is 34.4. The van der Waals surface area contributed by atoms with Crippen LogP contribution in [0.2, 0.25) is 0 Å². The summed E-state index contributed by atoms with van der Waals surface area (Å²) >= 11 is 0. The van der Waals surface area contributed by atoms with Crippen LogP contribution in [0.1, 0.15) is 127 Å². The fraction of sp³-hybridized carbons (Fsp3) is 0.805. The number of aliphatic hydroxyl groups is 1. The van der Waals surface area contributed by atoms with E-state index in [9.17, 15) is 14.7 Å². The van der Waals surface area contributed by atoms with Crippen LogP contribution in [-0.4, -0.2) is 43.0 Å².